The molecule has 0 aliphatic carbocycles. The van der Waals surface area contributed by atoms with Gasteiger partial charge in [0.15, 0.2) is 0 Å². The molecule has 1 atom stereocenters. The summed E-state index contributed by atoms with van der Waals surface area (Å²) >= 11 is 0. The van der Waals surface area contributed by atoms with Gasteiger partial charge in [0.1, 0.15) is 5.75 Å². The summed E-state index contributed by atoms with van der Waals surface area (Å²) in [6.45, 7) is 2.93. The Hall–Kier alpha value is -2.06. The van der Waals surface area contributed by atoms with Crippen molar-refractivity contribution in [2.75, 3.05) is 7.11 Å². The fourth-order valence-corrected chi connectivity index (χ4v) is 2.28. The van der Waals surface area contributed by atoms with Crippen LogP contribution in [0, 0.1) is 0 Å². The van der Waals surface area contributed by atoms with E-state index in [0.717, 1.165) is 18.7 Å². The lowest BCUT2D eigenvalue weighted by molar-refractivity contribution is 0.414. The van der Waals surface area contributed by atoms with Crippen molar-refractivity contribution in [1.82, 2.24) is 5.32 Å². The summed E-state index contributed by atoms with van der Waals surface area (Å²) < 4.78 is 5.22. The molecule has 2 heteroatoms. The van der Waals surface area contributed by atoms with Gasteiger partial charge in [0.2, 0.25) is 0 Å². The maximum absolute atomic E-state index is 5.22. The lowest BCUT2D eigenvalue weighted by Crippen LogP contribution is -2.20. The Labute approximate surface area is 127 Å². The van der Waals surface area contributed by atoms with E-state index < -0.39 is 0 Å². The first-order valence-electron chi connectivity index (χ1n) is 7.36. The van der Waals surface area contributed by atoms with Crippen molar-refractivity contribution < 1.29 is 4.74 Å². The number of methoxy groups -OCH3 is 1. The molecular formula is C19H23NO. The second-order valence-electron chi connectivity index (χ2n) is 5.00. The molecule has 0 aromatic heterocycles. The number of hydrogen-bond donors (Lipinski definition) is 1. The van der Waals surface area contributed by atoms with Gasteiger partial charge in [0.25, 0.3) is 0 Å². The van der Waals surface area contributed by atoms with Crippen molar-refractivity contribution in [3.63, 3.8) is 0 Å². The Balaban J connectivity index is 2.06. The Morgan fingerprint density at radius 3 is 2.38 bits per heavy atom. The maximum atomic E-state index is 5.22. The largest absolute Gasteiger partial charge is 0.497 e. The van der Waals surface area contributed by atoms with Crippen LogP contribution in [0.4, 0.5) is 0 Å². The smallest absolute Gasteiger partial charge is 0.118 e. The highest BCUT2D eigenvalue weighted by molar-refractivity contribution is 5.29. The van der Waals surface area contributed by atoms with Crippen LogP contribution in [0.25, 0.3) is 0 Å². The first-order valence-corrected chi connectivity index (χ1v) is 7.36. The summed E-state index contributed by atoms with van der Waals surface area (Å²) in [6.07, 6.45) is 5.28. The zero-order valence-electron chi connectivity index (χ0n) is 12.8. The van der Waals surface area contributed by atoms with Crippen molar-refractivity contribution in [2.24, 2.45) is 0 Å². The normalized spacial score (nSPS) is 12.5. The summed E-state index contributed by atoms with van der Waals surface area (Å²) in [5.74, 6) is 0.895. The fraction of sp³-hybridized carbons (Fsp3) is 0.263. The molecule has 0 aliphatic rings. The summed E-state index contributed by atoms with van der Waals surface area (Å²) in [6, 6.07) is 19.1. The van der Waals surface area contributed by atoms with E-state index in [1.54, 1.807) is 7.11 Å². The first-order chi connectivity index (χ1) is 10.3. The Bertz CT molecular complexity index is 546. The van der Waals surface area contributed by atoms with Crippen LogP contribution in [0.1, 0.15) is 30.5 Å². The maximum Gasteiger partial charge on any atom is 0.118 e. The molecule has 0 heterocycles. The third kappa shape index (κ3) is 4.76. The van der Waals surface area contributed by atoms with Crippen LogP contribution in [0.15, 0.2) is 66.7 Å². The molecule has 110 valence electrons. The number of rotatable bonds is 7. The van der Waals surface area contributed by atoms with Crippen LogP contribution in [0.3, 0.4) is 0 Å². The molecule has 1 N–H and O–H groups in total. The topological polar surface area (TPSA) is 21.3 Å². The molecule has 1 unspecified atom stereocenters. The lowest BCUT2D eigenvalue weighted by Gasteiger charge is -2.18. The number of allylic oxidation sites excluding steroid dienone is 1. The van der Waals surface area contributed by atoms with E-state index in [-0.39, 0.29) is 0 Å². The molecule has 2 nitrogen and oxygen atoms in total. The van der Waals surface area contributed by atoms with Gasteiger partial charge in [-0.15, -0.1) is 0 Å². The third-order valence-electron chi connectivity index (χ3n) is 3.52. The summed E-state index contributed by atoms with van der Waals surface area (Å²) in [5, 5.41) is 3.63. The molecular weight excluding hydrogens is 258 g/mol. The standard InChI is InChI=1S/C19H23NO/c1-3-4-10-19(17-11-13-18(21-2)14-12-17)20-15-16-8-6-5-7-9-16/h3-9,11-14,19-20H,10,15H2,1-2H3/b4-3-. The van der Waals surface area contributed by atoms with Crippen LogP contribution in [-0.2, 0) is 6.54 Å². The van der Waals surface area contributed by atoms with Gasteiger partial charge in [-0.1, -0.05) is 54.6 Å². The zero-order chi connectivity index (χ0) is 14.9. The first kappa shape index (κ1) is 15.3. The highest BCUT2D eigenvalue weighted by atomic mass is 16.5. The minimum absolute atomic E-state index is 0.312. The molecule has 2 rings (SSSR count). The lowest BCUT2D eigenvalue weighted by atomic mass is 10.0. The minimum Gasteiger partial charge on any atom is -0.497 e. The van der Waals surface area contributed by atoms with Gasteiger partial charge in [0.05, 0.1) is 7.11 Å². The average molecular weight is 281 g/mol. The second-order valence-corrected chi connectivity index (χ2v) is 5.00. The highest BCUT2D eigenvalue weighted by Crippen LogP contribution is 2.21. The van der Waals surface area contributed by atoms with Crippen LogP contribution >= 0.6 is 0 Å². The Kier molecular flexibility index (Phi) is 6.04. The van der Waals surface area contributed by atoms with E-state index in [0.29, 0.717) is 6.04 Å². The number of nitrogens with one attached hydrogen (secondary N) is 1. The molecule has 0 saturated carbocycles. The summed E-state index contributed by atoms with van der Waals surface area (Å²) in [4.78, 5) is 0. The van der Waals surface area contributed by atoms with Gasteiger partial charge >= 0.3 is 0 Å². The number of ether oxygens (including phenoxy) is 1. The van der Waals surface area contributed by atoms with Crippen LogP contribution in [0.5, 0.6) is 5.75 Å². The second kappa shape index (κ2) is 8.28. The van der Waals surface area contributed by atoms with E-state index in [9.17, 15) is 0 Å². The minimum atomic E-state index is 0.312. The van der Waals surface area contributed by atoms with E-state index >= 15 is 0 Å². The van der Waals surface area contributed by atoms with Gasteiger partial charge in [-0.2, -0.15) is 0 Å². The monoisotopic (exact) mass is 281 g/mol. The average Bonchev–Trinajstić information content (AvgIpc) is 2.56. The molecule has 2 aromatic rings. The van der Waals surface area contributed by atoms with Crippen molar-refractivity contribution in [3.05, 3.63) is 77.9 Å². The van der Waals surface area contributed by atoms with E-state index in [4.69, 9.17) is 4.74 Å². The Morgan fingerprint density at radius 2 is 1.76 bits per heavy atom. The van der Waals surface area contributed by atoms with Gasteiger partial charge in [-0.25, -0.2) is 0 Å². The van der Waals surface area contributed by atoms with Crippen LogP contribution < -0.4 is 10.1 Å². The van der Waals surface area contributed by atoms with Gasteiger partial charge in [0, 0.05) is 12.6 Å². The predicted octanol–water partition coefficient (Wildman–Crippen LogP) is 4.49. The van der Waals surface area contributed by atoms with E-state index in [2.05, 4.69) is 60.8 Å². The fourth-order valence-electron chi connectivity index (χ4n) is 2.28. The van der Waals surface area contributed by atoms with Crippen molar-refractivity contribution in [1.29, 1.82) is 0 Å². The Morgan fingerprint density at radius 1 is 1.05 bits per heavy atom. The van der Waals surface area contributed by atoms with Crippen LogP contribution in [0.2, 0.25) is 0 Å². The number of benzene rings is 2. The summed E-state index contributed by atoms with van der Waals surface area (Å²) in [5.41, 5.74) is 2.58. The molecule has 2 aromatic carbocycles. The third-order valence-corrected chi connectivity index (χ3v) is 3.52. The SMILES string of the molecule is C/C=C\CC(NCc1ccccc1)c1ccc(OC)cc1. The van der Waals surface area contributed by atoms with Crippen LogP contribution in [-0.4, -0.2) is 7.11 Å². The molecule has 0 fully saturated rings. The molecule has 0 radical (unpaired) electrons. The number of hydrogen-bond acceptors (Lipinski definition) is 2. The molecule has 0 bridgehead atoms. The highest BCUT2D eigenvalue weighted by Gasteiger charge is 2.09. The molecule has 0 spiro atoms. The quantitative estimate of drug-likeness (QED) is 0.755. The predicted molar refractivity (Wildman–Crippen MR) is 88.4 cm³/mol. The van der Waals surface area contributed by atoms with Gasteiger partial charge < -0.3 is 10.1 Å². The van der Waals surface area contributed by atoms with Gasteiger partial charge in [-0.3, -0.25) is 0 Å². The van der Waals surface area contributed by atoms with E-state index in [1.165, 1.54) is 11.1 Å². The molecule has 0 saturated heterocycles. The summed E-state index contributed by atoms with van der Waals surface area (Å²) in [7, 11) is 1.69. The molecule has 0 amide bonds. The molecule has 0 aliphatic heterocycles. The van der Waals surface area contributed by atoms with Crippen molar-refractivity contribution in [2.45, 2.75) is 25.9 Å². The van der Waals surface area contributed by atoms with Gasteiger partial charge in [-0.05, 0) is 36.6 Å². The van der Waals surface area contributed by atoms with Crippen molar-refractivity contribution in [3.8, 4) is 5.75 Å². The zero-order valence-corrected chi connectivity index (χ0v) is 12.8. The van der Waals surface area contributed by atoms with E-state index in [1.807, 2.05) is 18.2 Å². The molecule has 21 heavy (non-hydrogen) atoms. The van der Waals surface area contributed by atoms with Crippen molar-refractivity contribution >= 4 is 0 Å².